The van der Waals surface area contributed by atoms with Crippen molar-refractivity contribution in [2.24, 2.45) is 7.05 Å². The van der Waals surface area contributed by atoms with Crippen molar-refractivity contribution in [3.8, 4) is 6.07 Å². The highest BCUT2D eigenvalue weighted by molar-refractivity contribution is 7.93. The van der Waals surface area contributed by atoms with Crippen LogP contribution in [-0.2, 0) is 23.5 Å². The van der Waals surface area contributed by atoms with Crippen molar-refractivity contribution in [1.29, 1.82) is 5.26 Å². The summed E-state index contributed by atoms with van der Waals surface area (Å²) in [6, 6.07) is 27.6. The molecule has 5 rings (SSSR count). The van der Waals surface area contributed by atoms with Gasteiger partial charge in [-0.2, -0.15) is 5.26 Å². The maximum Gasteiger partial charge on any atom is 0.262 e. The predicted molar refractivity (Wildman–Crippen MR) is 129 cm³/mol. The lowest BCUT2D eigenvalue weighted by atomic mass is 10.1. The Labute approximate surface area is 191 Å². The van der Waals surface area contributed by atoms with Crippen molar-refractivity contribution < 1.29 is 8.42 Å². The molecule has 1 aromatic heterocycles. The van der Waals surface area contributed by atoms with E-state index in [1.165, 1.54) is 0 Å². The molecule has 0 saturated heterocycles. The normalized spacial score (nSPS) is 11.5. The maximum atomic E-state index is 13.2. The van der Waals surface area contributed by atoms with Crippen molar-refractivity contribution in [2.75, 3.05) is 4.72 Å². The van der Waals surface area contributed by atoms with Gasteiger partial charge in [-0.25, -0.2) is 13.4 Å². The van der Waals surface area contributed by atoms with E-state index in [0.717, 1.165) is 22.3 Å². The Kier molecular flexibility index (Phi) is 5.08. The molecule has 0 unspecified atom stereocenters. The summed E-state index contributed by atoms with van der Waals surface area (Å²) in [4.78, 5) is 4.97. The number of nitrogens with one attached hydrogen (secondary N) is 1. The van der Waals surface area contributed by atoms with Gasteiger partial charge in [0.1, 0.15) is 5.82 Å². The molecule has 6 nitrogen and oxygen atoms in total. The lowest BCUT2D eigenvalue weighted by Gasteiger charge is -2.10. The fourth-order valence-corrected chi connectivity index (χ4v) is 5.27. The third-order valence-corrected chi connectivity index (χ3v) is 7.15. The lowest BCUT2D eigenvalue weighted by molar-refractivity contribution is 0.602. The predicted octanol–water partition coefficient (Wildman–Crippen LogP) is 4.99. The van der Waals surface area contributed by atoms with E-state index in [2.05, 4.69) is 10.8 Å². The van der Waals surface area contributed by atoms with Gasteiger partial charge in [0.25, 0.3) is 10.0 Å². The Bertz CT molecular complexity index is 1640. The van der Waals surface area contributed by atoms with Crippen molar-refractivity contribution >= 4 is 37.5 Å². The fourth-order valence-electron chi connectivity index (χ4n) is 3.99. The molecule has 0 aliphatic carbocycles. The van der Waals surface area contributed by atoms with Crippen molar-refractivity contribution in [3.63, 3.8) is 0 Å². The monoisotopic (exact) mass is 452 g/mol. The van der Waals surface area contributed by atoms with Crippen LogP contribution in [0.15, 0.2) is 89.8 Å². The van der Waals surface area contributed by atoms with Crippen LogP contribution in [0, 0.1) is 11.3 Å². The first-order chi connectivity index (χ1) is 15.9. The molecule has 1 heterocycles. The van der Waals surface area contributed by atoms with E-state index in [0.29, 0.717) is 28.6 Å². The van der Waals surface area contributed by atoms with Crippen molar-refractivity contribution in [2.45, 2.75) is 11.3 Å². The van der Waals surface area contributed by atoms with Crippen LogP contribution in [0.25, 0.3) is 21.8 Å². The number of aromatic nitrogens is 2. The van der Waals surface area contributed by atoms with Crippen molar-refractivity contribution in [3.05, 3.63) is 102 Å². The summed E-state index contributed by atoms with van der Waals surface area (Å²) in [7, 11) is -1.84. The van der Waals surface area contributed by atoms with Crippen LogP contribution in [0.4, 0.5) is 5.69 Å². The first-order valence-electron chi connectivity index (χ1n) is 10.4. The molecule has 0 radical (unpaired) electrons. The van der Waals surface area contributed by atoms with Gasteiger partial charge in [0.2, 0.25) is 0 Å². The summed E-state index contributed by atoms with van der Waals surface area (Å²) in [5.74, 6) is 0.851. The van der Waals surface area contributed by atoms with E-state index in [1.54, 1.807) is 42.5 Å². The number of sulfonamides is 1. The topological polar surface area (TPSA) is 87.8 Å². The molecule has 1 N–H and O–H groups in total. The van der Waals surface area contributed by atoms with E-state index in [1.807, 2.05) is 54.1 Å². The average molecular weight is 453 g/mol. The third-order valence-electron chi connectivity index (χ3n) is 5.71. The summed E-state index contributed by atoms with van der Waals surface area (Å²) in [5.41, 5.74) is 3.74. The van der Waals surface area contributed by atoms with Crippen LogP contribution in [0.5, 0.6) is 0 Å². The molecule has 0 amide bonds. The van der Waals surface area contributed by atoms with Crippen molar-refractivity contribution in [1.82, 2.24) is 9.55 Å². The molecule has 4 aromatic carbocycles. The molecule has 162 valence electrons. The number of imidazole rings is 1. The molecular formula is C26H20N4O2S. The van der Waals surface area contributed by atoms with Gasteiger partial charge in [-0.15, -0.1) is 0 Å². The minimum Gasteiger partial charge on any atom is -0.331 e. The zero-order valence-corrected chi connectivity index (χ0v) is 18.7. The molecular weight excluding hydrogens is 432 g/mol. The highest BCUT2D eigenvalue weighted by Gasteiger charge is 2.18. The van der Waals surface area contributed by atoms with Crippen LogP contribution in [0.2, 0.25) is 0 Å². The van der Waals surface area contributed by atoms with Gasteiger partial charge in [0.05, 0.1) is 33.2 Å². The minimum absolute atomic E-state index is 0.239. The van der Waals surface area contributed by atoms with Crippen LogP contribution in [0.3, 0.4) is 0 Å². The molecule has 7 heteroatoms. The van der Waals surface area contributed by atoms with Crippen LogP contribution >= 0.6 is 0 Å². The van der Waals surface area contributed by atoms with E-state index in [4.69, 9.17) is 10.2 Å². The smallest absolute Gasteiger partial charge is 0.262 e. The lowest BCUT2D eigenvalue weighted by Crippen LogP contribution is -2.13. The van der Waals surface area contributed by atoms with Gasteiger partial charge < -0.3 is 4.57 Å². The van der Waals surface area contributed by atoms with E-state index in [-0.39, 0.29) is 4.90 Å². The quantitative estimate of drug-likeness (QED) is 0.407. The van der Waals surface area contributed by atoms with Gasteiger partial charge in [0.15, 0.2) is 0 Å². The third kappa shape index (κ3) is 3.93. The van der Waals surface area contributed by atoms with Gasteiger partial charge in [0, 0.05) is 18.9 Å². The molecule has 0 atom stereocenters. The van der Waals surface area contributed by atoms with E-state index >= 15 is 0 Å². The second-order valence-electron chi connectivity index (χ2n) is 7.86. The SMILES string of the molecule is Cn1c(Cc2ccc(C#N)cc2)nc2cc(NS(=O)(=O)c3cccc4ccccc34)ccc21. The van der Waals surface area contributed by atoms with Gasteiger partial charge in [-0.3, -0.25) is 4.72 Å². The van der Waals surface area contributed by atoms with Gasteiger partial charge >= 0.3 is 0 Å². The second-order valence-corrected chi connectivity index (χ2v) is 9.51. The Balaban J connectivity index is 1.46. The number of rotatable bonds is 5. The molecule has 0 saturated carbocycles. The highest BCUT2D eigenvalue weighted by atomic mass is 32.2. The van der Waals surface area contributed by atoms with Crippen LogP contribution < -0.4 is 4.72 Å². The Morgan fingerprint density at radius 1 is 0.970 bits per heavy atom. The molecule has 33 heavy (non-hydrogen) atoms. The first-order valence-corrected chi connectivity index (χ1v) is 11.9. The standard InChI is InChI=1S/C26H20N4O2S/c1-30-24-14-13-21(16-23(24)28-26(30)15-18-9-11-19(17-27)12-10-18)29-33(31,32)25-8-4-6-20-5-2-3-7-22(20)25/h2-14,16,29H,15H2,1H3. The molecule has 5 aromatic rings. The summed E-state index contributed by atoms with van der Waals surface area (Å²) in [5, 5.41) is 10.5. The van der Waals surface area contributed by atoms with Crippen LogP contribution in [0.1, 0.15) is 17.0 Å². The maximum absolute atomic E-state index is 13.2. The van der Waals surface area contributed by atoms with E-state index in [9.17, 15) is 8.42 Å². The minimum atomic E-state index is -3.78. The van der Waals surface area contributed by atoms with Gasteiger partial charge in [-0.05, 0) is 47.3 Å². The average Bonchev–Trinajstić information content (AvgIpc) is 3.13. The molecule has 0 spiro atoms. The van der Waals surface area contributed by atoms with Crippen LogP contribution in [-0.4, -0.2) is 18.0 Å². The summed E-state index contributed by atoms with van der Waals surface area (Å²) >= 11 is 0. The zero-order chi connectivity index (χ0) is 23.0. The summed E-state index contributed by atoms with van der Waals surface area (Å²) in [6.45, 7) is 0. The number of benzene rings is 4. The molecule has 0 fully saturated rings. The summed E-state index contributed by atoms with van der Waals surface area (Å²) in [6.07, 6.45) is 0.605. The Morgan fingerprint density at radius 3 is 2.52 bits per heavy atom. The number of hydrogen-bond donors (Lipinski definition) is 1. The molecule has 0 aliphatic rings. The second kappa shape index (κ2) is 8.08. The van der Waals surface area contributed by atoms with Gasteiger partial charge in [-0.1, -0.05) is 48.5 Å². The highest BCUT2D eigenvalue weighted by Crippen LogP contribution is 2.27. The van der Waals surface area contributed by atoms with E-state index < -0.39 is 10.0 Å². The fraction of sp³-hybridized carbons (Fsp3) is 0.0769. The largest absolute Gasteiger partial charge is 0.331 e. The number of hydrogen-bond acceptors (Lipinski definition) is 4. The Hall–Kier alpha value is -4.15. The molecule has 0 bridgehead atoms. The first kappa shape index (κ1) is 20.7. The number of anilines is 1. The number of nitriles is 1. The molecule has 0 aliphatic heterocycles. The Morgan fingerprint density at radius 2 is 1.73 bits per heavy atom. The number of nitrogens with zero attached hydrogens (tertiary/aromatic N) is 3. The number of fused-ring (bicyclic) bond motifs is 2. The summed E-state index contributed by atoms with van der Waals surface area (Å²) < 4.78 is 31.0. The number of aryl methyl sites for hydroxylation is 1. The zero-order valence-electron chi connectivity index (χ0n) is 17.9.